The molecule has 9 heteroatoms. The summed E-state index contributed by atoms with van der Waals surface area (Å²) in [5.41, 5.74) is 1.98. The number of carbonyl (C=O) groups excluding carboxylic acids is 2. The van der Waals surface area contributed by atoms with Gasteiger partial charge in [0.05, 0.1) is 10.6 Å². The van der Waals surface area contributed by atoms with Crippen LogP contribution in [-0.2, 0) is 26.2 Å². The molecule has 0 saturated carbocycles. The number of benzene rings is 3. The molecule has 0 bridgehead atoms. The second-order valence-electron chi connectivity index (χ2n) is 8.38. The average molecular weight is 528 g/mol. The molecule has 3 aromatic rings. The number of sulfonamides is 1. The van der Waals surface area contributed by atoms with Crippen molar-refractivity contribution in [1.29, 1.82) is 0 Å². The molecule has 190 valence electrons. The zero-order valence-electron chi connectivity index (χ0n) is 20.5. The minimum Gasteiger partial charge on any atom is -0.355 e. The third kappa shape index (κ3) is 6.65. The topological polar surface area (TPSA) is 86.8 Å². The number of aryl methyl sites for hydroxylation is 1. The zero-order valence-corrected chi connectivity index (χ0v) is 22.1. The summed E-state index contributed by atoms with van der Waals surface area (Å²) in [4.78, 5) is 27.8. The van der Waals surface area contributed by atoms with Crippen molar-refractivity contribution in [2.24, 2.45) is 0 Å². The highest BCUT2D eigenvalue weighted by Gasteiger charge is 2.32. The van der Waals surface area contributed by atoms with Gasteiger partial charge in [-0.1, -0.05) is 65.7 Å². The van der Waals surface area contributed by atoms with Crippen molar-refractivity contribution in [3.8, 4) is 0 Å². The molecular formula is C27H30ClN3O4S. The molecule has 0 aliphatic heterocycles. The first-order chi connectivity index (χ1) is 17.1. The number of likely N-dealkylation sites (N-methyl/N-ethyl adjacent to an activating group) is 1. The van der Waals surface area contributed by atoms with Crippen LogP contribution in [0.1, 0.15) is 25.0 Å². The third-order valence-electron chi connectivity index (χ3n) is 5.70. The van der Waals surface area contributed by atoms with Crippen molar-refractivity contribution in [2.45, 2.75) is 38.3 Å². The second-order valence-corrected chi connectivity index (χ2v) is 10.7. The molecule has 0 aliphatic carbocycles. The smallest absolute Gasteiger partial charge is 0.264 e. The molecule has 1 atom stereocenters. The van der Waals surface area contributed by atoms with Gasteiger partial charge in [0.25, 0.3) is 10.0 Å². The molecule has 0 fully saturated rings. The lowest BCUT2D eigenvalue weighted by Gasteiger charge is -2.32. The van der Waals surface area contributed by atoms with E-state index in [2.05, 4.69) is 5.32 Å². The molecule has 3 aromatic carbocycles. The molecule has 0 aromatic heterocycles. The van der Waals surface area contributed by atoms with Crippen molar-refractivity contribution in [1.82, 2.24) is 10.2 Å². The first-order valence-electron chi connectivity index (χ1n) is 11.6. The van der Waals surface area contributed by atoms with Crippen molar-refractivity contribution < 1.29 is 18.0 Å². The van der Waals surface area contributed by atoms with Gasteiger partial charge in [0.1, 0.15) is 12.6 Å². The fraction of sp³-hybridized carbons (Fsp3) is 0.259. The molecule has 0 aliphatic rings. The molecule has 0 spiro atoms. The number of rotatable bonds is 10. The monoisotopic (exact) mass is 527 g/mol. The molecule has 3 rings (SSSR count). The van der Waals surface area contributed by atoms with Gasteiger partial charge >= 0.3 is 0 Å². The van der Waals surface area contributed by atoms with Crippen LogP contribution < -0.4 is 9.62 Å². The fourth-order valence-corrected chi connectivity index (χ4v) is 5.27. The van der Waals surface area contributed by atoms with Gasteiger partial charge in [-0.15, -0.1) is 0 Å². The number of amides is 2. The maximum Gasteiger partial charge on any atom is 0.264 e. The normalized spacial score (nSPS) is 12.0. The van der Waals surface area contributed by atoms with Crippen molar-refractivity contribution in [3.05, 3.63) is 95.0 Å². The maximum absolute atomic E-state index is 13.7. The van der Waals surface area contributed by atoms with Gasteiger partial charge in [0.15, 0.2) is 0 Å². The van der Waals surface area contributed by atoms with Crippen LogP contribution >= 0.6 is 11.6 Å². The summed E-state index contributed by atoms with van der Waals surface area (Å²) in [5.74, 6) is -0.842. The predicted molar refractivity (Wildman–Crippen MR) is 142 cm³/mol. The highest BCUT2D eigenvalue weighted by molar-refractivity contribution is 7.92. The van der Waals surface area contributed by atoms with E-state index in [0.717, 1.165) is 15.4 Å². The minimum atomic E-state index is -4.12. The molecule has 36 heavy (non-hydrogen) atoms. The Hall–Kier alpha value is -3.36. The standard InChI is InChI=1S/C27H30ClN3O4S/c1-4-29-27(33)21(3)30(18-22-9-6-5-7-10-22)26(32)19-31(24-12-8-11-23(28)17-24)36(34,35)25-15-13-20(2)14-16-25/h5-17,21H,4,18-19H2,1-3H3,(H,29,33)/t21-/m0/s1. The Balaban J connectivity index is 2.02. The first kappa shape index (κ1) is 27.2. The maximum atomic E-state index is 13.7. The summed E-state index contributed by atoms with van der Waals surface area (Å²) in [6, 6.07) is 21.2. The lowest BCUT2D eigenvalue weighted by atomic mass is 10.1. The number of nitrogens with zero attached hydrogens (tertiary/aromatic N) is 2. The summed E-state index contributed by atoms with van der Waals surface area (Å²) in [6.07, 6.45) is 0. The Bertz CT molecular complexity index is 1300. The van der Waals surface area contributed by atoms with E-state index < -0.39 is 28.5 Å². The molecular weight excluding hydrogens is 498 g/mol. The summed E-state index contributed by atoms with van der Waals surface area (Å²) in [5, 5.41) is 3.07. The highest BCUT2D eigenvalue weighted by atomic mass is 35.5. The van der Waals surface area contributed by atoms with Crippen molar-refractivity contribution in [2.75, 3.05) is 17.4 Å². The fourth-order valence-electron chi connectivity index (χ4n) is 3.68. The first-order valence-corrected chi connectivity index (χ1v) is 13.4. The molecule has 0 radical (unpaired) electrons. The second kappa shape index (κ2) is 12.1. The van der Waals surface area contributed by atoms with Crippen LogP contribution in [0.4, 0.5) is 5.69 Å². The molecule has 1 N–H and O–H groups in total. The number of carbonyl (C=O) groups is 2. The Morgan fingerprint density at radius 2 is 1.64 bits per heavy atom. The lowest BCUT2D eigenvalue weighted by molar-refractivity contribution is -0.139. The SMILES string of the molecule is CCNC(=O)[C@H](C)N(Cc1ccccc1)C(=O)CN(c1cccc(Cl)c1)S(=O)(=O)c1ccc(C)cc1. The number of anilines is 1. The molecule has 2 amide bonds. The Kier molecular flexibility index (Phi) is 9.12. The van der Waals surface area contributed by atoms with Crippen LogP contribution in [0.5, 0.6) is 0 Å². The van der Waals surface area contributed by atoms with Crippen LogP contribution in [0.15, 0.2) is 83.8 Å². The van der Waals surface area contributed by atoms with E-state index in [0.29, 0.717) is 11.6 Å². The Morgan fingerprint density at radius 1 is 0.972 bits per heavy atom. The Labute approximate surface area is 217 Å². The van der Waals surface area contributed by atoms with Gasteiger partial charge in [0, 0.05) is 18.1 Å². The van der Waals surface area contributed by atoms with Crippen molar-refractivity contribution in [3.63, 3.8) is 0 Å². The summed E-state index contributed by atoms with van der Waals surface area (Å²) >= 11 is 6.17. The molecule has 7 nitrogen and oxygen atoms in total. The van der Waals surface area contributed by atoms with Gasteiger partial charge in [-0.25, -0.2) is 8.42 Å². The van der Waals surface area contributed by atoms with E-state index in [9.17, 15) is 18.0 Å². The van der Waals surface area contributed by atoms with E-state index in [1.807, 2.05) is 37.3 Å². The number of nitrogens with one attached hydrogen (secondary N) is 1. The largest absolute Gasteiger partial charge is 0.355 e. The number of hydrogen-bond acceptors (Lipinski definition) is 4. The van der Waals surface area contributed by atoms with Crippen LogP contribution in [0.2, 0.25) is 5.02 Å². The number of halogens is 1. The third-order valence-corrected chi connectivity index (χ3v) is 7.72. The molecule has 0 saturated heterocycles. The van der Waals surface area contributed by atoms with Crippen LogP contribution in [-0.4, -0.2) is 44.3 Å². The molecule has 0 heterocycles. The van der Waals surface area contributed by atoms with Crippen LogP contribution in [0.25, 0.3) is 0 Å². The minimum absolute atomic E-state index is 0.0484. The van der Waals surface area contributed by atoms with Gasteiger partial charge in [-0.05, 0) is 56.7 Å². The average Bonchev–Trinajstić information content (AvgIpc) is 2.86. The summed E-state index contributed by atoms with van der Waals surface area (Å²) in [6.45, 7) is 5.33. The number of hydrogen-bond donors (Lipinski definition) is 1. The van der Waals surface area contributed by atoms with E-state index in [1.165, 1.54) is 23.1 Å². The predicted octanol–water partition coefficient (Wildman–Crippen LogP) is 4.40. The quantitative estimate of drug-likeness (QED) is 0.423. The summed E-state index contributed by atoms with van der Waals surface area (Å²) in [7, 11) is -4.12. The van der Waals surface area contributed by atoms with E-state index >= 15 is 0 Å². The summed E-state index contributed by atoms with van der Waals surface area (Å²) < 4.78 is 28.5. The van der Waals surface area contributed by atoms with Crippen LogP contribution in [0, 0.1) is 6.92 Å². The zero-order chi connectivity index (χ0) is 26.3. The highest BCUT2D eigenvalue weighted by Crippen LogP contribution is 2.27. The van der Waals surface area contributed by atoms with E-state index in [1.54, 1.807) is 44.2 Å². The van der Waals surface area contributed by atoms with Gasteiger partial charge < -0.3 is 10.2 Å². The van der Waals surface area contributed by atoms with Gasteiger partial charge in [-0.2, -0.15) is 0 Å². The van der Waals surface area contributed by atoms with E-state index in [4.69, 9.17) is 11.6 Å². The van der Waals surface area contributed by atoms with Gasteiger partial charge in [0.2, 0.25) is 11.8 Å². The van der Waals surface area contributed by atoms with E-state index in [-0.39, 0.29) is 23.0 Å². The van der Waals surface area contributed by atoms with Crippen LogP contribution in [0.3, 0.4) is 0 Å². The van der Waals surface area contributed by atoms with Crippen molar-refractivity contribution >= 4 is 39.1 Å². The Morgan fingerprint density at radius 3 is 2.25 bits per heavy atom. The van der Waals surface area contributed by atoms with Gasteiger partial charge in [-0.3, -0.25) is 13.9 Å². The molecule has 0 unspecified atom stereocenters. The lowest BCUT2D eigenvalue weighted by Crippen LogP contribution is -2.51.